The van der Waals surface area contributed by atoms with E-state index in [1.165, 1.54) is 5.56 Å². The van der Waals surface area contributed by atoms with Crippen LogP contribution in [0, 0.1) is 5.92 Å². The van der Waals surface area contributed by atoms with Crippen molar-refractivity contribution in [1.82, 2.24) is 29.9 Å². The first-order valence-electron chi connectivity index (χ1n) is 9.43. The molecule has 0 aliphatic carbocycles. The van der Waals surface area contributed by atoms with E-state index in [1.54, 1.807) is 18.0 Å². The SMILES string of the molecule is CSc1nnc(CCCNCc2ccc(-n3cccn3)cc2)n1CC(C)C. The quantitative estimate of drug-likeness (QED) is 0.428. The maximum absolute atomic E-state index is 4.39. The summed E-state index contributed by atoms with van der Waals surface area (Å²) >= 11 is 1.67. The Labute approximate surface area is 165 Å². The molecule has 0 atom stereocenters. The van der Waals surface area contributed by atoms with Crippen molar-refractivity contribution in [3.8, 4) is 5.69 Å². The van der Waals surface area contributed by atoms with Crippen LogP contribution in [0.25, 0.3) is 5.69 Å². The largest absolute Gasteiger partial charge is 0.313 e. The van der Waals surface area contributed by atoms with Crippen molar-refractivity contribution in [2.45, 2.75) is 44.9 Å². The minimum atomic E-state index is 0.591. The zero-order chi connectivity index (χ0) is 19.1. The Morgan fingerprint density at radius 1 is 1.15 bits per heavy atom. The number of thioether (sulfide) groups is 1. The fourth-order valence-corrected chi connectivity index (χ4v) is 3.52. The molecule has 0 saturated carbocycles. The van der Waals surface area contributed by atoms with E-state index < -0.39 is 0 Å². The average Bonchev–Trinajstić information content (AvgIpc) is 3.32. The van der Waals surface area contributed by atoms with Crippen LogP contribution >= 0.6 is 11.8 Å². The van der Waals surface area contributed by atoms with Gasteiger partial charge < -0.3 is 9.88 Å². The highest BCUT2D eigenvalue weighted by molar-refractivity contribution is 7.98. The summed E-state index contributed by atoms with van der Waals surface area (Å²) < 4.78 is 4.14. The molecule has 3 aromatic rings. The summed E-state index contributed by atoms with van der Waals surface area (Å²) in [6.07, 6.45) is 7.80. The molecular weight excluding hydrogens is 356 g/mol. The summed E-state index contributed by atoms with van der Waals surface area (Å²) in [6, 6.07) is 10.4. The number of aryl methyl sites for hydroxylation is 1. The van der Waals surface area contributed by atoms with Gasteiger partial charge >= 0.3 is 0 Å². The molecule has 2 heterocycles. The van der Waals surface area contributed by atoms with E-state index in [2.05, 4.69) is 69.5 Å². The second kappa shape index (κ2) is 9.71. The molecule has 1 aromatic carbocycles. The van der Waals surface area contributed by atoms with Crippen LogP contribution in [0.4, 0.5) is 0 Å². The van der Waals surface area contributed by atoms with Crippen molar-refractivity contribution in [2.75, 3.05) is 12.8 Å². The number of nitrogens with zero attached hydrogens (tertiary/aromatic N) is 5. The highest BCUT2D eigenvalue weighted by atomic mass is 32.2. The molecule has 0 radical (unpaired) electrons. The molecule has 27 heavy (non-hydrogen) atoms. The molecular formula is C20H28N6S. The minimum Gasteiger partial charge on any atom is -0.313 e. The summed E-state index contributed by atoms with van der Waals surface area (Å²) in [5.41, 5.74) is 2.36. The lowest BCUT2D eigenvalue weighted by molar-refractivity contribution is 0.475. The lowest BCUT2D eigenvalue weighted by Gasteiger charge is -2.12. The molecule has 0 aliphatic heterocycles. The maximum Gasteiger partial charge on any atom is 0.190 e. The highest BCUT2D eigenvalue weighted by Crippen LogP contribution is 2.16. The first kappa shape index (κ1) is 19.6. The molecule has 0 unspecified atom stereocenters. The Morgan fingerprint density at radius 2 is 1.96 bits per heavy atom. The zero-order valence-electron chi connectivity index (χ0n) is 16.3. The second-order valence-electron chi connectivity index (χ2n) is 7.00. The summed E-state index contributed by atoms with van der Waals surface area (Å²) in [5, 5.41) is 17.5. The molecule has 0 amide bonds. The first-order valence-corrected chi connectivity index (χ1v) is 10.7. The van der Waals surface area contributed by atoms with Crippen molar-refractivity contribution in [1.29, 1.82) is 0 Å². The van der Waals surface area contributed by atoms with Gasteiger partial charge in [-0.05, 0) is 48.9 Å². The van der Waals surface area contributed by atoms with E-state index in [9.17, 15) is 0 Å². The van der Waals surface area contributed by atoms with Gasteiger partial charge in [-0.1, -0.05) is 37.7 Å². The summed E-state index contributed by atoms with van der Waals surface area (Å²) in [5.74, 6) is 1.69. The van der Waals surface area contributed by atoms with E-state index >= 15 is 0 Å². The first-order chi connectivity index (χ1) is 13.2. The normalized spacial score (nSPS) is 11.4. The van der Waals surface area contributed by atoms with Crippen molar-refractivity contribution >= 4 is 11.8 Å². The fourth-order valence-electron chi connectivity index (χ4n) is 3.00. The number of rotatable bonds is 10. The Morgan fingerprint density at radius 3 is 2.63 bits per heavy atom. The Balaban J connectivity index is 1.44. The van der Waals surface area contributed by atoms with E-state index in [0.29, 0.717) is 5.92 Å². The summed E-state index contributed by atoms with van der Waals surface area (Å²) in [4.78, 5) is 0. The van der Waals surface area contributed by atoms with E-state index in [4.69, 9.17) is 0 Å². The molecule has 7 heteroatoms. The number of nitrogens with one attached hydrogen (secondary N) is 1. The van der Waals surface area contributed by atoms with E-state index in [0.717, 1.165) is 49.1 Å². The van der Waals surface area contributed by atoms with Gasteiger partial charge in [0.05, 0.1) is 5.69 Å². The van der Waals surface area contributed by atoms with Crippen molar-refractivity contribution < 1.29 is 0 Å². The second-order valence-corrected chi connectivity index (χ2v) is 7.78. The molecule has 0 aliphatic rings. The monoisotopic (exact) mass is 384 g/mol. The van der Waals surface area contributed by atoms with Gasteiger partial charge in [-0.3, -0.25) is 0 Å². The topological polar surface area (TPSA) is 60.6 Å². The van der Waals surface area contributed by atoms with Gasteiger partial charge in [-0.15, -0.1) is 10.2 Å². The highest BCUT2D eigenvalue weighted by Gasteiger charge is 2.12. The van der Waals surface area contributed by atoms with Crippen molar-refractivity contribution in [2.24, 2.45) is 5.92 Å². The van der Waals surface area contributed by atoms with Crippen LogP contribution in [0.15, 0.2) is 47.9 Å². The molecule has 2 aromatic heterocycles. The number of benzene rings is 1. The molecule has 0 bridgehead atoms. The number of aromatic nitrogens is 5. The van der Waals surface area contributed by atoms with Crippen molar-refractivity contribution in [3.05, 3.63) is 54.1 Å². The molecule has 1 N–H and O–H groups in total. The van der Waals surface area contributed by atoms with E-state index in [1.807, 2.05) is 16.9 Å². The van der Waals surface area contributed by atoms with Gasteiger partial charge in [0.15, 0.2) is 5.16 Å². The summed E-state index contributed by atoms with van der Waals surface area (Å²) in [7, 11) is 0. The number of hydrogen-bond donors (Lipinski definition) is 1. The van der Waals surface area contributed by atoms with E-state index in [-0.39, 0.29) is 0 Å². The maximum atomic E-state index is 4.39. The molecule has 144 valence electrons. The predicted molar refractivity (Wildman–Crippen MR) is 110 cm³/mol. The van der Waals surface area contributed by atoms with Gasteiger partial charge in [-0.25, -0.2) is 4.68 Å². The lowest BCUT2D eigenvalue weighted by Crippen LogP contribution is -2.17. The van der Waals surface area contributed by atoms with Gasteiger partial charge in [0, 0.05) is 31.9 Å². The third-order valence-corrected chi connectivity index (χ3v) is 4.98. The molecule has 6 nitrogen and oxygen atoms in total. The molecule has 0 spiro atoms. The molecule has 3 rings (SSSR count). The smallest absolute Gasteiger partial charge is 0.190 e. The Kier molecular flexibility index (Phi) is 7.06. The van der Waals surface area contributed by atoms with Crippen LogP contribution in [0.5, 0.6) is 0 Å². The fraction of sp³-hybridized carbons (Fsp3) is 0.450. The van der Waals surface area contributed by atoms with Crippen molar-refractivity contribution in [3.63, 3.8) is 0 Å². The van der Waals surface area contributed by atoms with Gasteiger partial charge in [0.1, 0.15) is 5.82 Å². The van der Waals surface area contributed by atoms with Gasteiger partial charge in [-0.2, -0.15) is 5.10 Å². The van der Waals surface area contributed by atoms with Crippen LogP contribution in [0.2, 0.25) is 0 Å². The van der Waals surface area contributed by atoms with Crippen LogP contribution in [0.1, 0.15) is 31.7 Å². The predicted octanol–water partition coefficient (Wildman–Crippen LogP) is 3.56. The average molecular weight is 385 g/mol. The van der Waals surface area contributed by atoms with Gasteiger partial charge in [0.2, 0.25) is 0 Å². The Bertz CT molecular complexity index is 808. The minimum absolute atomic E-state index is 0.591. The standard InChI is InChI=1S/C20H28N6S/c1-16(2)15-25-19(23-24-20(25)27-3)6-4-11-21-14-17-7-9-18(10-8-17)26-13-5-12-22-26/h5,7-10,12-13,16,21H,4,6,11,14-15H2,1-3H3. The third kappa shape index (κ3) is 5.43. The summed E-state index contributed by atoms with van der Waals surface area (Å²) in [6.45, 7) is 7.27. The van der Waals surface area contributed by atoms with Gasteiger partial charge in [0.25, 0.3) is 0 Å². The zero-order valence-corrected chi connectivity index (χ0v) is 17.1. The van der Waals surface area contributed by atoms with Crippen LogP contribution < -0.4 is 5.32 Å². The van der Waals surface area contributed by atoms with Crippen LogP contribution in [-0.4, -0.2) is 37.3 Å². The van der Waals surface area contributed by atoms with Crippen LogP contribution in [-0.2, 0) is 19.5 Å². The molecule has 0 saturated heterocycles. The Hall–Kier alpha value is -2.12. The van der Waals surface area contributed by atoms with Crippen LogP contribution in [0.3, 0.4) is 0 Å². The molecule has 0 fully saturated rings. The lowest BCUT2D eigenvalue weighted by atomic mass is 10.2. The third-order valence-electron chi connectivity index (χ3n) is 4.31. The number of hydrogen-bond acceptors (Lipinski definition) is 5.